The molecule has 190 valence electrons. The van der Waals surface area contributed by atoms with Crippen molar-refractivity contribution in [3.05, 3.63) is 59.8 Å². The summed E-state index contributed by atoms with van der Waals surface area (Å²) >= 11 is 0. The molecule has 3 aromatic rings. The van der Waals surface area contributed by atoms with Gasteiger partial charge < -0.3 is 19.5 Å². The predicted octanol–water partition coefficient (Wildman–Crippen LogP) is 3.37. The maximum Gasteiger partial charge on any atom is 0.325 e. The Bertz CT molecular complexity index is 1350. The molecule has 0 atom stereocenters. The van der Waals surface area contributed by atoms with E-state index >= 15 is 0 Å². The number of carbonyl (C=O) groups is 2. The zero-order valence-corrected chi connectivity index (χ0v) is 21.0. The maximum absolute atomic E-state index is 12.8. The fourth-order valence-corrected chi connectivity index (χ4v) is 4.69. The lowest BCUT2D eigenvalue weighted by Crippen LogP contribution is -2.37. The third-order valence-electron chi connectivity index (χ3n) is 5.72. The van der Waals surface area contributed by atoms with E-state index in [-0.39, 0.29) is 23.4 Å². The number of ether oxygens (including phenoxy) is 1. The third-order valence-corrected chi connectivity index (χ3v) is 7.07. The molecular weight excluding hydrogens is 486 g/mol. The summed E-state index contributed by atoms with van der Waals surface area (Å²) in [4.78, 5) is 28.4. The van der Waals surface area contributed by atoms with Crippen LogP contribution in [-0.4, -0.2) is 56.7 Å². The quantitative estimate of drug-likeness (QED) is 0.448. The molecule has 36 heavy (non-hydrogen) atoms. The minimum Gasteiger partial charge on any atom is -0.494 e. The Morgan fingerprint density at radius 3 is 2.39 bits per heavy atom. The highest BCUT2D eigenvalue weighted by atomic mass is 32.2. The number of carbonyl (C=O) groups excluding carboxylic acids is 2. The minimum absolute atomic E-state index is 0.00494. The molecule has 2 N–H and O–H groups in total. The van der Waals surface area contributed by atoms with Crippen LogP contribution in [0.3, 0.4) is 0 Å². The van der Waals surface area contributed by atoms with E-state index in [0.717, 1.165) is 11.4 Å². The Labute approximate surface area is 209 Å². The number of hydrogen-bond donors (Lipinski definition) is 2. The van der Waals surface area contributed by atoms with E-state index in [1.165, 1.54) is 29.2 Å². The van der Waals surface area contributed by atoms with Gasteiger partial charge in [-0.25, -0.2) is 17.9 Å². The number of benzene rings is 2. The van der Waals surface area contributed by atoms with Gasteiger partial charge in [-0.1, -0.05) is 5.16 Å². The molecule has 0 saturated carbocycles. The van der Waals surface area contributed by atoms with Crippen LogP contribution in [0.25, 0.3) is 0 Å². The number of sulfonamides is 1. The Morgan fingerprint density at radius 1 is 1.08 bits per heavy atom. The lowest BCUT2D eigenvalue weighted by molar-refractivity contribution is -0.116. The molecule has 0 bridgehead atoms. The van der Waals surface area contributed by atoms with Gasteiger partial charge in [-0.2, -0.15) is 0 Å². The molecule has 1 saturated heterocycles. The van der Waals surface area contributed by atoms with Crippen LogP contribution in [0, 0.1) is 13.8 Å². The molecule has 2 heterocycles. The number of nitrogens with zero attached hydrogens (tertiary/aromatic N) is 3. The zero-order chi connectivity index (χ0) is 25.9. The molecule has 1 aliphatic rings. The van der Waals surface area contributed by atoms with E-state index in [2.05, 4.69) is 15.2 Å². The van der Waals surface area contributed by atoms with Gasteiger partial charge in [0.2, 0.25) is 11.8 Å². The fourth-order valence-electron chi connectivity index (χ4n) is 3.64. The van der Waals surface area contributed by atoms with Gasteiger partial charge in [-0.15, -0.1) is 0 Å². The first-order valence-corrected chi connectivity index (χ1v) is 12.8. The summed E-state index contributed by atoms with van der Waals surface area (Å²) < 4.78 is 38.0. The number of hydrogen-bond acceptors (Lipinski definition) is 7. The summed E-state index contributed by atoms with van der Waals surface area (Å²) in [5, 5.41) is 6.43. The Balaban J connectivity index is 1.33. The monoisotopic (exact) mass is 513 g/mol. The van der Waals surface area contributed by atoms with Crippen molar-refractivity contribution in [2.75, 3.05) is 41.2 Å². The van der Waals surface area contributed by atoms with Crippen molar-refractivity contribution in [2.45, 2.75) is 25.7 Å². The van der Waals surface area contributed by atoms with Gasteiger partial charge in [-0.3, -0.25) is 9.69 Å². The van der Waals surface area contributed by atoms with Crippen LogP contribution in [0.5, 0.6) is 5.75 Å². The molecule has 3 amide bonds. The Morgan fingerprint density at radius 2 is 1.78 bits per heavy atom. The third kappa shape index (κ3) is 5.43. The molecule has 0 spiro atoms. The Kier molecular flexibility index (Phi) is 7.15. The van der Waals surface area contributed by atoms with Gasteiger partial charge in [0.15, 0.2) is 0 Å². The van der Waals surface area contributed by atoms with Gasteiger partial charge in [-0.05, 0) is 69.3 Å². The highest BCUT2D eigenvalue weighted by molar-refractivity contribution is 7.92. The standard InChI is InChI=1S/C24H27N5O6S/c1-4-34-20-9-7-19(8-10-20)29-14-13-28(24(29)31)15-22(30)25-18-5-11-21(12-6-18)36(32,33)27-23-16(2)17(3)26-35-23/h5-12,27H,4,13-15H2,1-3H3,(H,25,30). The van der Waals surface area contributed by atoms with Crippen LogP contribution >= 0.6 is 0 Å². The average Bonchev–Trinajstić information content (AvgIpc) is 3.36. The van der Waals surface area contributed by atoms with E-state index in [9.17, 15) is 18.0 Å². The number of nitrogens with one attached hydrogen (secondary N) is 2. The molecule has 0 radical (unpaired) electrons. The van der Waals surface area contributed by atoms with E-state index in [1.54, 1.807) is 30.9 Å². The van der Waals surface area contributed by atoms with Crippen molar-refractivity contribution in [3.63, 3.8) is 0 Å². The first-order valence-electron chi connectivity index (χ1n) is 11.3. The molecule has 0 aliphatic carbocycles. The van der Waals surface area contributed by atoms with Crippen molar-refractivity contribution < 1.29 is 27.3 Å². The van der Waals surface area contributed by atoms with E-state index in [0.29, 0.717) is 36.6 Å². The largest absolute Gasteiger partial charge is 0.494 e. The summed E-state index contributed by atoms with van der Waals surface area (Å²) in [6.45, 7) is 6.61. The van der Waals surface area contributed by atoms with Crippen LogP contribution < -0.4 is 19.7 Å². The van der Waals surface area contributed by atoms with Crippen molar-refractivity contribution in [1.29, 1.82) is 0 Å². The van der Waals surface area contributed by atoms with Crippen LogP contribution in [-0.2, 0) is 14.8 Å². The van der Waals surface area contributed by atoms with Gasteiger partial charge in [0.1, 0.15) is 12.3 Å². The molecule has 1 fully saturated rings. The average molecular weight is 514 g/mol. The van der Waals surface area contributed by atoms with Gasteiger partial charge in [0, 0.05) is 30.0 Å². The lowest BCUT2D eigenvalue weighted by atomic mass is 10.3. The van der Waals surface area contributed by atoms with E-state index in [4.69, 9.17) is 9.26 Å². The molecule has 4 rings (SSSR count). The van der Waals surface area contributed by atoms with Gasteiger partial charge in [0.25, 0.3) is 10.0 Å². The maximum atomic E-state index is 12.8. The highest BCUT2D eigenvalue weighted by Gasteiger charge is 2.31. The second-order valence-electron chi connectivity index (χ2n) is 8.18. The number of aromatic nitrogens is 1. The first kappa shape index (κ1) is 25.0. The van der Waals surface area contributed by atoms with E-state index in [1.807, 2.05) is 19.1 Å². The lowest BCUT2D eigenvalue weighted by Gasteiger charge is -2.19. The highest BCUT2D eigenvalue weighted by Crippen LogP contribution is 2.24. The Hall–Kier alpha value is -4.06. The van der Waals surface area contributed by atoms with Crippen LogP contribution in [0.2, 0.25) is 0 Å². The number of amides is 3. The zero-order valence-electron chi connectivity index (χ0n) is 20.1. The van der Waals surface area contributed by atoms with Crippen LogP contribution in [0.15, 0.2) is 57.9 Å². The number of anilines is 3. The minimum atomic E-state index is -3.89. The molecule has 1 aromatic heterocycles. The summed E-state index contributed by atoms with van der Waals surface area (Å²) in [6.07, 6.45) is 0. The number of rotatable bonds is 9. The fraction of sp³-hybridized carbons (Fsp3) is 0.292. The first-order chi connectivity index (χ1) is 17.2. The normalized spacial score (nSPS) is 13.7. The molecule has 12 heteroatoms. The molecular formula is C24H27N5O6S. The van der Waals surface area contributed by atoms with Crippen molar-refractivity contribution in [3.8, 4) is 5.75 Å². The number of urea groups is 1. The number of aryl methyl sites for hydroxylation is 1. The molecule has 2 aromatic carbocycles. The van der Waals surface area contributed by atoms with Crippen molar-refractivity contribution >= 4 is 39.2 Å². The summed E-state index contributed by atoms with van der Waals surface area (Å²) in [5.41, 5.74) is 2.32. The molecule has 1 aliphatic heterocycles. The summed E-state index contributed by atoms with van der Waals surface area (Å²) in [5.74, 6) is 0.389. The SMILES string of the molecule is CCOc1ccc(N2CCN(CC(=O)Nc3ccc(S(=O)(=O)Nc4onc(C)c4C)cc3)C2=O)cc1. The van der Waals surface area contributed by atoms with E-state index < -0.39 is 15.9 Å². The molecule has 0 unspecified atom stereocenters. The summed E-state index contributed by atoms with van der Waals surface area (Å²) in [7, 11) is -3.89. The van der Waals surface area contributed by atoms with Crippen molar-refractivity contribution in [2.24, 2.45) is 0 Å². The van der Waals surface area contributed by atoms with Gasteiger partial charge >= 0.3 is 6.03 Å². The molecule has 11 nitrogen and oxygen atoms in total. The van der Waals surface area contributed by atoms with Crippen molar-refractivity contribution in [1.82, 2.24) is 10.1 Å². The summed E-state index contributed by atoms with van der Waals surface area (Å²) in [6, 6.07) is 12.6. The topological polar surface area (TPSA) is 134 Å². The van der Waals surface area contributed by atoms with Crippen LogP contribution in [0.1, 0.15) is 18.2 Å². The second kappa shape index (κ2) is 10.3. The van der Waals surface area contributed by atoms with Gasteiger partial charge in [0.05, 0.1) is 17.2 Å². The van der Waals surface area contributed by atoms with Crippen LogP contribution in [0.4, 0.5) is 22.1 Å². The predicted molar refractivity (Wildman–Crippen MR) is 134 cm³/mol. The second-order valence-corrected chi connectivity index (χ2v) is 9.87. The smallest absolute Gasteiger partial charge is 0.325 e.